The summed E-state index contributed by atoms with van der Waals surface area (Å²) in [6.07, 6.45) is 0.830. The van der Waals surface area contributed by atoms with E-state index in [0.717, 1.165) is 16.9 Å². The summed E-state index contributed by atoms with van der Waals surface area (Å²) in [7, 11) is 0. The summed E-state index contributed by atoms with van der Waals surface area (Å²) in [6, 6.07) is 7.16. The fourth-order valence-corrected chi connectivity index (χ4v) is 3.04. The summed E-state index contributed by atoms with van der Waals surface area (Å²) in [5.41, 5.74) is 1.41. The maximum atomic E-state index is 11.9. The van der Waals surface area contributed by atoms with Crippen molar-refractivity contribution in [3.8, 4) is 0 Å². The van der Waals surface area contributed by atoms with Crippen molar-refractivity contribution in [2.45, 2.75) is 20.3 Å². The van der Waals surface area contributed by atoms with E-state index in [1.165, 1.54) is 35.6 Å². The van der Waals surface area contributed by atoms with Gasteiger partial charge in [-0.1, -0.05) is 6.92 Å². The van der Waals surface area contributed by atoms with Gasteiger partial charge < -0.3 is 10.1 Å². The first-order valence-corrected chi connectivity index (χ1v) is 8.03. The molecular formula is C16H16N2O5S. The van der Waals surface area contributed by atoms with Gasteiger partial charge in [0.1, 0.15) is 4.88 Å². The summed E-state index contributed by atoms with van der Waals surface area (Å²) in [5.74, 6) is -1.05. The quantitative estimate of drug-likeness (QED) is 0.490. The molecule has 0 aliphatic carbocycles. The summed E-state index contributed by atoms with van der Waals surface area (Å²) >= 11 is 1.34. The zero-order valence-electron chi connectivity index (χ0n) is 13.2. The van der Waals surface area contributed by atoms with Gasteiger partial charge in [-0.2, -0.15) is 0 Å². The molecule has 1 amide bonds. The third-order valence-electron chi connectivity index (χ3n) is 3.30. The van der Waals surface area contributed by atoms with Crippen LogP contribution in [0.3, 0.4) is 0 Å². The number of nitrogens with one attached hydrogen (secondary N) is 1. The van der Waals surface area contributed by atoms with E-state index in [4.69, 9.17) is 4.74 Å². The zero-order valence-corrected chi connectivity index (χ0v) is 14.0. The highest BCUT2D eigenvalue weighted by Crippen LogP contribution is 2.22. The molecule has 0 radical (unpaired) electrons. The van der Waals surface area contributed by atoms with Crippen molar-refractivity contribution in [3.63, 3.8) is 0 Å². The SMILES string of the molecule is CCc1cc(C(=O)OCC(=O)Nc2ccc([N+](=O)[O-])cc2)sc1C. The van der Waals surface area contributed by atoms with Gasteiger partial charge in [0.2, 0.25) is 0 Å². The Morgan fingerprint density at radius 1 is 1.29 bits per heavy atom. The highest BCUT2D eigenvalue weighted by Gasteiger charge is 2.15. The van der Waals surface area contributed by atoms with E-state index < -0.39 is 23.4 Å². The molecular weight excluding hydrogens is 332 g/mol. The van der Waals surface area contributed by atoms with Crippen LogP contribution >= 0.6 is 11.3 Å². The minimum absolute atomic E-state index is 0.0702. The second kappa shape index (κ2) is 7.69. The van der Waals surface area contributed by atoms with Crippen molar-refractivity contribution in [1.29, 1.82) is 0 Å². The van der Waals surface area contributed by atoms with Crippen LogP contribution in [0.25, 0.3) is 0 Å². The average molecular weight is 348 g/mol. The van der Waals surface area contributed by atoms with Gasteiger partial charge in [-0.15, -0.1) is 11.3 Å². The van der Waals surface area contributed by atoms with Crippen molar-refractivity contribution in [1.82, 2.24) is 0 Å². The lowest BCUT2D eigenvalue weighted by molar-refractivity contribution is -0.384. The number of nitro benzene ring substituents is 1. The van der Waals surface area contributed by atoms with Crippen molar-refractivity contribution < 1.29 is 19.2 Å². The fourth-order valence-electron chi connectivity index (χ4n) is 2.04. The van der Waals surface area contributed by atoms with Gasteiger partial charge in [0.05, 0.1) is 4.92 Å². The van der Waals surface area contributed by atoms with Crippen LogP contribution < -0.4 is 5.32 Å². The number of carbonyl (C=O) groups is 2. The van der Waals surface area contributed by atoms with E-state index in [0.29, 0.717) is 10.6 Å². The minimum atomic E-state index is -0.540. The number of hydrogen-bond donors (Lipinski definition) is 1. The zero-order chi connectivity index (χ0) is 17.7. The molecule has 0 aliphatic heterocycles. The number of carbonyl (C=O) groups excluding carboxylic acids is 2. The Morgan fingerprint density at radius 2 is 1.96 bits per heavy atom. The second-order valence-electron chi connectivity index (χ2n) is 4.97. The number of thiophene rings is 1. The Bertz CT molecular complexity index is 767. The van der Waals surface area contributed by atoms with E-state index in [-0.39, 0.29) is 5.69 Å². The standard InChI is InChI=1S/C16H16N2O5S/c1-3-11-8-14(24-10(11)2)16(20)23-9-15(19)17-12-4-6-13(7-5-12)18(21)22/h4-8H,3,9H2,1-2H3,(H,17,19). The lowest BCUT2D eigenvalue weighted by Gasteiger charge is -2.05. The second-order valence-corrected chi connectivity index (χ2v) is 6.23. The van der Waals surface area contributed by atoms with Gasteiger partial charge >= 0.3 is 5.97 Å². The molecule has 0 saturated heterocycles. The van der Waals surface area contributed by atoms with Gasteiger partial charge in [-0.05, 0) is 37.1 Å². The number of anilines is 1. The molecule has 0 aliphatic rings. The topological polar surface area (TPSA) is 98.5 Å². The lowest BCUT2D eigenvalue weighted by Crippen LogP contribution is -2.20. The molecule has 1 heterocycles. The molecule has 2 rings (SSSR count). The van der Waals surface area contributed by atoms with Gasteiger partial charge in [0, 0.05) is 22.7 Å². The maximum Gasteiger partial charge on any atom is 0.348 e. The van der Waals surface area contributed by atoms with Crippen molar-refractivity contribution in [3.05, 3.63) is 55.8 Å². The van der Waals surface area contributed by atoms with Crippen molar-refractivity contribution in [2.75, 3.05) is 11.9 Å². The summed E-state index contributed by atoms with van der Waals surface area (Å²) in [6.45, 7) is 3.51. The summed E-state index contributed by atoms with van der Waals surface area (Å²) < 4.78 is 4.99. The first kappa shape index (κ1) is 17.6. The molecule has 0 atom stereocenters. The molecule has 0 fully saturated rings. The molecule has 8 heteroatoms. The summed E-state index contributed by atoms with van der Waals surface area (Å²) in [4.78, 5) is 35.3. The molecule has 1 aromatic heterocycles. The maximum absolute atomic E-state index is 11.9. The van der Waals surface area contributed by atoms with Crippen LogP contribution in [0.1, 0.15) is 27.0 Å². The largest absolute Gasteiger partial charge is 0.451 e. The van der Waals surface area contributed by atoms with Crippen LogP contribution in [0.15, 0.2) is 30.3 Å². The van der Waals surface area contributed by atoms with E-state index in [2.05, 4.69) is 5.32 Å². The summed E-state index contributed by atoms with van der Waals surface area (Å²) in [5, 5.41) is 13.1. The molecule has 1 aromatic carbocycles. The molecule has 1 N–H and O–H groups in total. The number of benzene rings is 1. The first-order valence-electron chi connectivity index (χ1n) is 7.21. The van der Waals surface area contributed by atoms with Crippen LogP contribution in [-0.4, -0.2) is 23.4 Å². The Kier molecular flexibility index (Phi) is 5.64. The number of non-ortho nitro benzene ring substituents is 1. The van der Waals surface area contributed by atoms with E-state index in [1.807, 2.05) is 13.8 Å². The molecule has 24 heavy (non-hydrogen) atoms. The Balaban J connectivity index is 1.88. The number of esters is 1. The van der Waals surface area contributed by atoms with Crippen LogP contribution in [0, 0.1) is 17.0 Å². The Hall–Kier alpha value is -2.74. The number of nitro groups is 1. The highest BCUT2D eigenvalue weighted by atomic mass is 32.1. The van der Waals surface area contributed by atoms with E-state index in [9.17, 15) is 19.7 Å². The molecule has 0 bridgehead atoms. The predicted octanol–water partition coefficient (Wildman–Crippen LogP) is 3.32. The normalized spacial score (nSPS) is 10.2. The lowest BCUT2D eigenvalue weighted by atomic mass is 10.2. The Morgan fingerprint density at radius 3 is 2.50 bits per heavy atom. The first-order chi connectivity index (χ1) is 11.4. The molecule has 7 nitrogen and oxygen atoms in total. The molecule has 2 aromatic rings. The number of ether oxygens (including phenoxy) is 1. The number of amides is 1. The fraction of sp³-hybridized carbons (Fsp3) is 0.250. The molecule has 0 saturated carbocycles. The molecule has 126 valence electrons. The third-order valence-corrected chi connectivity index (χ3v) is 4.37. The third kappa shape index (κ3) is 4.39. The van der Waals surface area contributed by atoms with Crippen LogP contribution in [0.5, 0.6) is 0 Å². The smallest absolute Gasteiger partial charge is 0.348 e. The van der Waals surface area contributed by atoms with Crippen molar-refractivity contribution in [2.24, 2.45) is 0 Å². The van der Waals surface area contributed by atoms with Crippen molar-refractivity contribution >= 4 is 34.6 Å². The predicted molar refractivity (Wildman–Crippen MR) is 90.4 cm³/mol. The average Bonchev–Trinajstić information content (AvgIpc) is 2.94. The van der Waals surface area contributed by atoms with Crippen LogP contribution in [-0.2, 0) is 16.0 Å². The van der Waals surface area contributed by atoms with Crippen LogP contribution in [0.2, 0.25) is 0 Å². The number of rotatable bonds is 6. The van der Waals surface area contributed by atoms with Gasteiger partial charge in [-0.3, -0.25) is 14.9 Å². The van der Waals surface area contributed by atoms with Gasteiger partial charge in [-0.25, -0.2) is 4.79 Å². The highest BCUT2D eigenvalue weighted by molar-refractivity contribution is 7.14. The van der Waals surface area contributed by atoms with Crippen LogP contribution in [0.4, 0.5) is 11.4 Å². The molecule has 0 unspecified atom stereocenters. The Labute approximate surface area is 142 Å². The minimum Gasteiger partial charge on any atom is -0.451 e. The molecule has 0 spiro atoms. The van der Waals surface area contributed by atoms with E-state index in [1.54, 1.807) is 6.07 Å². The van der Waals surface area contributed by atoms with Gasteiger partial charge in [0.15, 0.2) is 6.61 Å². The number of hydrogen-bond acceptors (Lipinski definition) is 6. The van der Waals surface area contributed by atoms with E-state index >= 15 is 0 Å². The number of nitrogens with zero attached hydrogens (tertiary/aromatic N) is 1. The number of aryl methyl sites for hydroxylation is 2. The van der Waals surface area contributed by atoms with Gasteiger partial charge in [0.25, 0.3) is 11.6 Å². The monoisotopic (exact) mass is 348 g/mol.